The second kappa shape index (κ2) is 4.04. The first-order valence-corrected chi connectivity index (χ1v) is 4.09. The van der Waals surface area contributed by atoms with Crippen molar-refractivity contribution in [1.82, 2.24) is 0 Å². The van der Waals surface area contributed by atoms with Gasteiger partial charge in [-0.1, -0.05) is 0 Å². The van der Waals surface area contributed by atoms with E-state index < -0.39 is 11.8 Å². The normalized spacial score (nSPS) is 10.5. The predicted octanol–water partition coefficient (Wildman–Crippen LogP) is 1.71. The Morgan fingerprint density at radius 2 is 2.23 bits per heavy atom. The zero-order valence-electron chi connectivity index (χ0n) is 6.36. The first-order chi connectivity index (χ1) is 6.11. The second-order valence-electron chi connectivity index (χ2n) is 2.14. The Labute approximate surface area is 82.0 Å². The van der Waals surface area contributed by atoms with E-state index in [1.165, 1.54) is 12.3 Å². The average Bonchev–Trinajstić information content (AvgIpc) is 2.47. The quantitative estimate of drug-likeness (QED) is 0.650. The Balaban J connectivity index is 2.75. The van der Waals surface area contributed by atoms with Crippen LogP contribution in [0.1, 0.15) is 5.76 Å². The maximum Gasteiger partial charge on any atom is 0.376 e. The number of carboxylic acid groups (broad SMARTS) is 1. The molecule has 0 bridgehead atoms. The summed E-state index contributed by atoms with van der Waals surface area (Å²) in [7, 11) is 0. The van der Waals surface area contributed by atoms with Gasteiger partial charge in [0.25, 0.3) is 5.78 Å². The van der Waals surface area contributed by atoms with Gasteiger partial charge in [-0.25, -0.2) is 4.79 Å². The van der Waals surface area contributed by atoms with E-state index in [2.05, 4.69) is 15.9 Å². The number of halogens is 1. The van der Waals surface area contributed by atoms with Crippen LogP contribution in [-0.4, -0.2) is 16.9 Å². The second-order valence-corrected chi connectivity index (χ2v) is 2.99. The SMILES string of the molecule is O=C(O)C(=O)/C=C/c1occc1Br. The lowest BCUT2D eigenvalue weighted by atomic mass is 10.3. The molecule has 1 aromatic heterocycles. The molecule has 0 aromatic carbocycles. The highest BCUT2D eigenvalue weighted by molar-refractivity contribution is 9.10. The third-order valence-electron chi connectivity index (χ3n) is 1.24. The third-order valence-corrected chi connectivity index (χ3v) is 1.90. The third kappa shape index (κ3) is 2.55. The molecule has 5 heteroatoms. The fourth-order valence-corrected chi connectivity index (χ4v) is 0.981. The van der Waals surface area contributed by atoms with Crippen LogP contribution in [0.2, 0.25) is 0 Å². The zero-order chi connectivity index (χ0) is 9.84. The zero-order valence-corrected chi connectivity index (χ0v) is 7.95. The molecule has 0 aliphatic rings. The van der Waals surface area contributed by atoms with Crippen LogP contribution in [-0.2, 0) is 9.59 Å². The summed E-state index contributed by atoms with van der Waals surface area (Å²) in [5.41, 5.74) is 0. The molecule has 1 N–H and O–H groups in total. The van der Waals surface area contributed by atoms with Crippen LogP contribution in [0.3, 0.4) is 0 Å². The summed E-state index contributed by atoms with van der Waals surface area (Å²) in [5.74, 6) is -2.06. The smallest absolute Gasteiger partial charge is 0.376 e. The molecule has 4 nitrogen and oxygen atoms in total. The van der Waals surface area contributed by atoms with Gasteiger partial charge in [0.2, 0.25) is 0 Å². The molecule has 0 unspecified atom stereocenters. The molecule has 0 aliphatic heterocycles. The van der Waals surface area contributed by atoms with Crippen molar-refractivity contribution in [3.05, 3.63) is 28.6 Å². The molecule has 1 aromatic rings. The standard InChI is InChI=1S/C8H5BrO4/c9-5-3-4-13-7(5)2-1-6(10)8(11)12/h1-4H,(H,11,12)/b2-1+. The van der Waals surface area contributed by atoms with E-state index in [0.717, 1.165) is 6.08 Å². The Bertz CT molecular complexity index is 364. The minimum Gasteiger partial charge on any atom is -0.475 e. The number of hydrogen-bond acceptors (Lipinski definition) is 3. The van der Waals surface area contributed by atoms with Gasteiger partial charge in [0.05, 0.1) is 10.7 Å². The van der Waals surface area contributed by atoms with Crippen molar-refractivity contribution in [3.8, 4) is 0 Å². The Morgan fingerprint density at radius 1 is 1.54 bits per heavy atom. The Hall–Kier alpha value is -1.36. The largest absolute Gasteiger partial charge is 0.475 e. The van der Waals surface area contributed by atoms with Crippen LogP contribution < -0.4 is 0 Å². The number of hydrogen-bond donors (Lipinski definition) is 1. The fraction of sp³-hybridized carbons (Fsp3) is 0. The number of carbonyl (C=O) groups excluding carboxylic acids is 1. The molecular weight excluding hydrogens is 240 g/mol. The van der Waals surface area contributed by atoms with Crippen LogP contribution in [0.4, 0.5) is 0 Å². The molecule has 0 aliphatic carbocycles. The summed E-state index contributed by atoms with van der Waals surface area (Å²) in [6.07, 6.45) is 3.65. The Kier molecular flexibility index (Phi) is 3.02. The van der Waals surface area contributed by atoms with Crippen LogP contribution in [0.25, 0.3) is 6.08 Å². The molecule has 0 saturated carbocycles. The summed E-state index contributed by atoms with van der Waals surface area (Å²) in [4.78, 5) is 20.7. The summed E-state index contributed by atoms with van der Waals surface area (Å²) in [6, 6.07) is 1.64. The van der Waals surface area contributed by atoms with Crippen LogP contribution in [0, 0.1) is 0 Å². The molecule has 0 spiro atoms. The van der Waals surface area contributed by atoms with Crippen molar-refractivity contribution in [2.45, 2.75) is 0 Å². The van der Waals surface area contributed by atoms with Gasteiger partial charge < -0.3 is 9.52 Å². The van der Waals surface area contributed by atoms with Crippen molar-refractivity contribution >= 4 is 33.8 Å². The van der Waals surface area contributed by atoms with Gasteiger partial charge in [0, 0.05) is 0 Å². The highest BCUT2D eigenvalue weighted by Crippen LogP contribution is 2.18. The van der Waals surface area contributed by atoms with E-state index in [-0.39, 0.29) is 0 Å². The van der Waals surface area contributed by atoms with Crippen molar-refractivity contribution in [2.24, 2.45) is 0 Å². The number of furan rings is 1. The highest BCUT2D eigenvalue weighted by atomic mass is 79.9. The number of rotatable bonds is 3. The summed E-state index contributed by atoms with van der Waals surface area (Å²) >= 11 is 3.15. The molecule has 1 rings (SSSR count). The van der Waals surface area contributed by atoms with Gasteiger partial charge in [-0.15, -0.1) is 0 Å². The van der Waals surface area contributed by atoms with Crippen molar-refractivity contribution in [1.29, 1.82) is 0 Å². The van der Waals surface area contributed by atoms with E-state index >= 15 is 0 Å². The van der Waals surface area contributed by atoms with Gasteiger partial charge in [0.15, 0.2) is 0 Å². The summed E-state index contributed by atoms with van der Waals surface area (Å²) in [6.45, 7) is 0. The first kappa shape index (κ1) is 9.73. The molecule has 0 atom stereocenters. The number of aliphatic carboxylic acids is 1. The molecule has 13 heavy (non-hydrogen) atoms. The number of carboxylic acids is 1. The van der Waals surface area contributed by atoms with Gasteiger partial charge in [-0.05, 0) is 34.1 Å². The van der Waals surface area contributed by atoms with Crippen LogP contribution in [0.15, 0.2) is 27.3 Å². The molecule has 0 amide bonds. The maximum absolute atomic E-state index is 10.6. The maximum atomic E-state index is 10.6. The monoisotopic (exact) mass is 244 g/mol. The molecule has 0 fully saturated rings. The number of ketones is 1. The lowest BCUT2D eigenvalue weighted by molar-refractivity contribution is -0.146. The molecule has 1 heterocycles. The fourth-order valence-electron chi connectivity index (χ4n) is 0.647. The van der Waals surface area contributed by atoms with Crippen LogP contribution >= 0.6 is 15.9 Å². The topological polar surface area (TPSA) is 67.5 Å². The number of carbonyl (C=O) groups is 2. The van der Waals surface area contributed by atoms with Gasteiger partial charge in [-0.2, -0.15) is 0 Å². The van der Waals surface area contributed by atoms with Crippen molar-refractivity contribution in [3.63, 3.8) is 0 Å². The van der Waals surface area contributed by atoms with Crippen LogP contribution in [0.5, 0.6) is 0 Å². The summed E-state index contributed by atoms with van der Waals surface area (Å²) < 4.78 is 5.58. The Morgan fingerprint density at radius 3 is 2.69 bits per heavy atom. The molecular formula is C8H5BrO4. The van der Waals surface area contributed by atoms with E-state index in [4.69, 9.17) is 9.52 Å². The molecule has 0 saturated heterocycles. The van der Waals surface area contributed by atoms with Gasteiger partial charge in [0.1, 0.15) is 5.76 Å². The summed E-state index contributed by atoms with van der Waals surface area (Å²) in [5, 5.41) is 8.24. The first-order valence-electron chi connectivity index (χ1n) is 3.29. The lowest BCUT2D eigenvalue weighted by Crippen LogP contribution is -2.08. The van der Waals surface area contributed by atoms with Crippen molar-refractivity contribution < 1.29 is 19.1 Å². The highest BCUT2D eigenvalue weighted by Gasteiger charge is 2.06. The van der Waals surface area contributed by atoms with Crippen molar-refractivity contribution in [2.75, 3.05) is 0 Å². The lowest BCUT2D eigenvalue weighted by Gasteiger charge is -1.85. The molecule has 0 radical (unpaired) electrons. The predicted molar refractivity (Wildman–Crippen MR) is 48.1 cm³/mol. The minimum absolute atomic E-state index is 0.412. The minimum atomic E-state index is -1.49. The van der Waals surface area contributed by atoms with E-state index in [9.17, 15) is 9.59 Å². The van der Waals surface area contributed by atoms with E-state index in [1.807, 2.05) is 0 Å². The van der Waals surface area contributed by atoms with E-state index in [0.29, 0.717) is 10.2 Å². The average molecular weight is 245 g/mol. The van der Waals surface area contributed by atoms with E-state index in [1.54, 1.807) is 6.07 Å². The van der Waals surface area contributed by atoms with Gasteiger partial charge >= 0.3 is 5.97 Å². The van der Waals surface area contributed by atoms with Gasteiger partial charge in [-0.3, -0.25) is 4.79 Å². The molecule has 68 valence electrons.